The van der Waals surface area contributed by atoms with Gasteiger partial charge in [-0.1, -0.05) is 60.7 Å². The van der Waals surface area contributed by atoms with Crippen LogP contribution < -0.4 is 0 Å². The van der Waals surface area contributed by atoms with E-state index in [0.717, 1.165) is 0 Å². The molecule has 0 fully saturated rings. The second-order valence-corrected chi connectivity index (χ2v) is 6.05. The molecule has 0 saturated heterocycles. The van der Waals surface area contributed by atoms with Gasteiger partial charge in [-0.2, -0.15) is 0 Å². The molecule has 8 heteroatoms. The van der Waals surface area contributed by atoms with Crippen LogP contribution in [0.2, 0.25) is 0 Å². The van der Waals surface area contributed by atoms with Crippen molar-refractivity contribution in [1.82, 2.24) is 0 Å². The molecule has 3 rings (SSSR count). The van der Waals surface area contributed by atoms with E-state index in [1.54, 1.807) is 0 Å². The molecule has 3 aromatic carbocycles. The van der Waals surface area contributed by atoms with E-state index in [1.807, 2.05) is 0 Å². The zero-order chi connectivity index (χ0) is 22.0. The number of Topliss-reactive ketones (excluding diaryl/α,β-unsaturated/α-hetero) is 4. The second-order valence-electron chi connectivity index (χ2n) is 6.05. The Balaban J connectivity index is 2.08. The number of carbonyl (C=O) groups excluding carboxylic acids is 4. The zero-order valence-corrected chi connectivity index (χ0v) is 14.9. The third-order valence-electron chi connectivity index (χ3n) is 4.20. The molecule has 3 aromatic rings. The summed E-state index contributed by atoms with van der Waals surface area (Å²) in [5, 5.41) is 0. The molecular formula is C22H10F4O4. The maximum Gasteiger partial charge on any atom is 0.239 e. The summed E-state index contributed by atoms with van der Waals surface area (Å²) in [6.45, 7) is 0. The molecule has 0 N–H and O–H groups in total. The zero-order valence-electron chi connectivity index (χ0n) is 14.9. The number of ketones is 4. The van der Waals surface area contributed by atoms with Crippen LogP contribution in [-0.4, -0.2) is 23.1 Å². The van der Waals surface area contributed by atoms with Gasteiger partial charge in [-0.3, -0.25) is 19.2 Å². The van der Waals surface area contributed by atoms with Crippen LogP contribution >= 0.6 is 0 Å². The Morgan fingerprint density at radius 3 is 0.967 bits per heavy atom. The predicted octanol–water partition coefficient (Wildman–Crippen LogP) is 4.37. The highest BCUT2D eigenvalue weighted by Gasteiger charge is 2.36. The van der Waals surface area contributed by atoms with Crippen molar-refractivity contribution >= 4 is 23.1 Å². The van der Waals surface area contributed by atoms with Gasteiger partial charge in [0.2, 0.25) is 23.1 Å². The van der Waals surface area contributed by atoms with Crippen LogP contribution in [0.25, 0.3) is 0 Å². The van der Waals surface area contributed by atoms with E-state index < -0.39 is 57.5 Å². The Labute approximate surface area is 166 Å². The number of halogens is 4. The number of hydrogen-bond acceptors (Lipinski definition) is 4. The molecule has 0 saturated carbocycles. The molecular weight excluding hydrogens is 404 g/mol. The van der Waals surface area contributed by atoms with Gasteiger partial charge in [0.15, 0.2) is 23.3 Å². The average Bonchev–Trinajstić information content (AvgIpc) is 2.78. The summed E-state index contributed by atoms with van der Waals surface area (Å²) in [5.41, 5.74) is -4.10. The van der Waals surface area contributed by atoms with Gasteiger partial charge >= 0.3 is 0 Å². The molecule has 0 unspecified atom stereocenters. The fourth-order valence-corrected chi connectivity index (χ4v) is 2.70. The third kappa shape index (κ3) is 3.55. The fraction of sp³-hybridized carbons (Fsp3) is 0. The van der Waals surface area contributed by atoms with Crippen molar-refractivity contribution in [1.29, 1.82) is 0 Å². The van der Waals surface area contributed by atoms with Crippen molar-refractivity contribution in [3.63, 3.8) is 0 Å². The molecule has 0 aliphatic heterocycles. The van der Waals surface area contributed by atoms with Gasteiger partial charge in [-0.25, -0.2) is 17.6 Å². The minimum Gasteiger partial charge on any atom is -0.285 e. The lowest BCUT2D eigenvalue weighted by molar-refractivity contribution is 0.0803. The maximum absolute atomic E-state index is 14.4. The standard InChI is InChI=1S/C22H10F4O4/c23-15-13(21(29)19(27)11-7-3-1-4-8-11)16(24)18(26)14(17(15)25)22(30)20(28)12-9-5-2-6-10-12/h1-10H. The topological polar surface area (TPSA) is 68.3 Å². The summed E-state index contributed by atoms with van der Waals surface area (Å²) in [7, 11) is 0. The van der Waals surface area contributed by atoms with Crippen molar-refractivity contribution in [3.05, 3.63) is 106 Å². The van der Waals surface area contributed by atoms with Gasteiger partial charge in [-0.15, -0.1) is 0 Å². The van der Waals surface area contributed by atoms with E-state index in [9.17, 15) is 36.7 Å². The molecule has 0 atom stereocenters. The first-order valence-electron chi connectivity index (χ1n) is 8.39. The van der Waals surface area contributed by atoms with Crippen molar-refractivity contribution in [2.75, 3.05) is 0 Å². The number of hydrogen-bond donors (Lipinski definition) is 0. The summed E-state index contributed by atoms with van der Waals surface area (Å²) in [6, 6.07) is 13.1. The van der Waals surface area contributed by atoms with E-state index in [1.165, 1.54) is 60.7 Å². The van der Waals surface area contributed by atoms with Gasteiger partial charge in [0, 0.05) is 11.1 Å². The molecule has 0 spiro atoms. The number of benzene rings is 3. The fourth-order valence-electron chi connectivity index (χ4n) is 2.70. The lowest BCUT2D eigenvalue weighted by Crippen LogP contribution is -2.24. The monoisotopic (exact) mass is 414 g/mol. The van der Waals surface area contributed by atoms with Gasteiger partial charge < -0.3 is 0 Å². The molecule has 0 aliphatic carbocycles. The van der Waals surface area contributed by atoms with Crippen LogP contribution in [0, 0.1) is 23.3 Å². The summed E-state index contributed by atoms with van der Waals surface area (Å²) in [5.74, 6) is -15.5. The smallest absolute Gasteiger partial charge is 0.239 e. The van der Waals surface area contributed by atoms with Crippen molar-refractivity contribution in [2.24, 2.45) is 0 Å². The maximum atomic E-state index is 14.4. The first-order chi connectivity index (χ1) is 14.3. The quantitative estimate of drug-likeness (QED) is 0.260. The van der Waals surface area contributed by atoms with Crippen LogP contribution in [-0.2, 0) is 0 Å². The van der Waals surface area contributed by atoms with E-state index in [-0.39, 0.29) is 11.1 Å². The SMILES string of the molecule is O=C(C(=O)c1c(F)c(F)c(C(=O)C(=O)c2ccccc2)c(F)c1F)c1ccccc1. The molecule has 0 bridgehead atoms. The van der Waals surface area contributed by atoms with Gasteiger partial charge in [0.1, 0.15) is 11.1 Å². The Morgan fingerprint density at radius 1 is 0.433 bits per heavy atom. The molecule has 4 nitrogen and oxygen atoms in total. The van der Waals surface area contributed by atoms with Crippen LogP contribution in [0.1, 0.15) is 41.4 Å². The van der Waals surface area contributed by atoms with Crippen molar-refractivity contribution in [3.8, 4) is 0 Å². The van der Waals surface area contributed by atoms with Crippen molar-refractivity contribution < 1.29 is 36.7 Å². The Kier molecular flexibility index (Phi) is 5.68. The minimum absolute atomic E-state index is 0.262. The lowest BCUT2D eigenvalue weighted by atomic mass is 9.95. The first kappa shape index (κ1) is 20.8. The van der Waals surface area contributed by atoms with E-state index in [2.05, 4.69) is 0 Å². The molecule has 0 amide bonds. The first-order valence-corrected chi connectivity index (χ1v) is 8.39. The van der Waals surface area contributed by atoms with Crippen LogP contribution in [0.5, 0.6) is 0 Å². The van der Waals surface area contributed by atoms with Crippen molar-refractivity contribution in [2.45, 2.75) is 0 Å². The Hall–Kier alpha value is -3.94. The predicted molar refractivity (Wildman–Crippen MR) is 96.5 cm³/mol. The minimum atomic E-state index is -2.24. The van der Waals surface area contributed by atoms with Gasteiger partial charge in [0.05, 0.1) is 0 Å². The lowest BCUT2D eigenvalue weighted by Gasteiger charge is -2.10. The molecule has 150 valence electrons. The molecule has 0 aliphatic rings. The van der Waals surface area contributed by atoms with Gasteiger partial charge in [-0.05, 0) is 0 Å². The Bertz CT molecular complexity index is 1070. The average molecular weight is 414 g/mol. The summed E-state index contributed by atoms with van der Waals surface area (Å²) in [4.78, 5) is 48.7. The highest BCUT2D eigenvalue weighted by Crippen LogP contribution is 2.27. The molecule has 30 heavy (non-hydrogen) atoms. The Morgan fingerprint density at radius 2 is 0.700 bits per heavy atom. The van der Waals surface area contributed by atoms with E-state index in [0.29, 0.717) is 0 Å². The van der Waals surface area contributed by atoms with Crippen LogP contribution in [0.3, 0.4) is 0 Å². The number of carbonyl (C=O) groups is 4. The molecule has 0 heterocycles. The van der Waals surface area contributed by atoms with Gasteiger partial charge in [0.25, 0.3) is 0 Å². The van der Waals surface area contributed by atoms with E-state index >= 15 is 0 Å². The van der Waals surface area contributed by atoms with Crippen LogP contribution in [0.15, 0.2) is 60.7 Å². The highest BCUT2D eigenvalue weighted by molar-refractivity contribution is 6.50. The molecule has 0 aromatic heterocycles. The number of rotatable bonds is 6. The second kappa shape index (κ2) is 8.20. The highest BCUT2D eigenvalue weighted by atomic mass is 19.2. The van der Waals surface area contributed by atoms with Crippen LogP contribution in [0.4, 0.5) is 17.6 Å². The van der Waals surface area contributed by atoms with E-state index in [4.69, 9.17) is 0 Å². The summed E-state index contributed by atoms with van der Waals surface area (Å²) < 4.78 is 57.7. The normalized spacial score (nSPS) is 10.5. The molecule has 0 radical (unpaired) electrons. The third-order valence-corrected chi connectivity index (χ3v) is 4.20. The largest absolute Gasteiger partial charge is 0.285 e. The summed E-state index contributed by atoms with van der Waals surface area (Å²) in [6.07, 6.45) is 0. The summed E-state index contributed by atoms with van der Waals surface area (Å²) >= 11 is 0.